The van der Waals surface area contributed by atoms with Gasteiger partial charge in [-0.2, -0.15) is 0 Å². The second-order valence-corrected chi connectivity index (χ2v) is 5.26. The van der Waals surface area contributed by atoms with Crippen LogP contribution in [0.4, 0.5) is 0 Å². The van der Waals surface area contributed by atoms with Crippen molar-refractivity contribution in [2.75, 3.05) is 0 Å². The lowest BCUT2D eigenvalue weighted by atomic mass is 10.0. The third kappa shape index (κ3) is 3.94. The largest absolute Gasteiger partial charge is 0.306 e. The van der Waals surface area contributed by atoms with Gasteiger partial charge >= 0.3 is 0 Å². The molecule has 0 aromatic heterocycles. The summed E-state index contributed by atoms with van der Waals surface area (Å²) in [5, 5.41) is 3.73. The number of aryl methyl sites for hydroxylation is 1. The van der Waals surface area contributed by atoms with Crippen LogP contribution in [0.25, 0.3) is 0 Å². The highest BCUT2D eigenvalue weighted by atomic mass is 14.9. The van der Waals surface area contributed by atoms with Crippen LogP contribution in [-0.4, -0.2) is 0 Å². The maximum atomic E-state index is 3.73. The Bertz CT molecular complexity index is 504. The molecule has 106 valence electrons. The normalized spacial score (nSPS) is 12.3. The lowest BCUT2D eigenvalue weighted by Gasteiger charge is -2.19. The van der Waals surface area contributed by atoms with Crippen LogP contribution in [0.5, 0.6) is 0 Å². The van der Waals surface area contributed by atoms with Crippen LogP contribution >= 0.6 is 0 Å². The molecule has 0 fully saturated rings. The van der Waals surface area contributed by atoms with Gasteiger partial charge in [0, 0.05) is 12.6 Å². The third-order valence-corrected chi connectivity index (χ3v) is 3.82. The van der Waals surface area contributed by atoms with Crippen molar-refractivity contribution in [1.29, 1.82) is 0 Å². The van der Waals surface area contributed by atoms with E-state index < -0.39 is 0 Å². The first kappa shape index (κ1) is 14.8. The fraction of sp³-hybridized carbons (Fsp3) is 0.368. The molecule has 2 aromatic rings. The van der Waals surface area contributed by atoms with E-state index >= 15 is 0 Å². The number of benzene rings is 2. The number of hydrogen-bond donors (Lipinski definition) is 1. The summed E-state index contributed by atoms with van der Waals surface area (Å²) in [6.07, 6.45) is 3.47. The molecule has 0 aliphatic carbocycles. The van der Waals surface area contributed by atoms with Gasteiger partial charge in [0.2, 0.25) is 0 Å². The molecule has 0 aliphatic heterocycles. The highest BCUT2D eigenvalue weighted by Crippen LogP contribution is 2.19. The molecule has 20 heavy (non-hydrogen) atoms. The molecule has 0 saturated heterocycles. The summed E-state index contributed by atoms with van der Waals surface area (Å²) in [5.74, 6) is 0. The maximum Gasteiger partial charge on any atom is 0.0323 e. The zero-order chi connectivity index (χ0) is 14.2. The van der Waals surface area contributed by atoms with Gasteiger partial charge in [-0.15, -0.1) is 0 Å². The molecule has 0 heterocycles. The molecular formula is C19H25N. The molecule has 0 saturated carbocycles. The van der Waals surface area contributed by atoms with Crippen LogP contribution < -0.4 is 5.32 Å². The second-order valence-electron chi connectivity index (χ2n) is 5.26. The van der Waals surface area contributed by atoms with E-state index in [1.54, 1.807) is 0 Å². The van der Waals surface area contributed by atoms with Crippen molar-refractivity contribution in [3.8, 4) is 0 Å². The topological polar surface area (TPSA) is 12.0 Å². The molecule has 0 radical (unpaired) electrons. The van der Waals surface area contributed by atoms with E-state index in [1.165, 1.54) is 29.5 Å². The predicted octanol–water partition coefficient (Wildman–Crippen LogP) is 4.88. The van der Waals surface area contributed by atoms with Crippen LogP contribution in [0.3, 0.4) is 0 Å². The van der Waals surface area contributed by atoms with Crippen molar-refractivity contribution < 1.29 is 0 Å². The standard InChI is InChI=1S/C19H25N/c1-3-10-19(17-12-6-5-7-13-17)20-15-18-14-9-8-11-16(18)4-2/h5-9,11-14,19-20H,3-4,10,15H2,1-2H3. The second kappa shape index (κ2) is 7.86. The number of nitrogens with one attached hydrogen (secondary N) is 1. The van der Waals surface area contributed by atoms with Gasteiger partial charge in [-0.1, -0.05) is 74.9 Å². The van der Waals surface area contributed by atoms with Gasteiger partial charge in [-0.05, 0) is 29.5 Å². The molecule has 2 rings (SSSR count). The van der Waals surface area contributed by atoms with E-state index in [1.807, 2.05) is 0 Å². The van der Waals surface area contributed by atoms with Crippen LogP contribution in [0.1, 0.15) is 49.4 Å². The molecule has 0 bridgehead atoms. The average Bonchev–Trinajstić information content (AvgIpc) is 2.52. The smallest absolute Gasteiger partial charge is 0.0323 e. The zero-order valence-corrected chi connectivity index (χ0v) is 12.6. The van der Waals surface area contributed by atoms with Gasteiger partial charge in [-0.3, -0.25) is 0 Å². The predicted molar refractivity (Wildman–Crippen MR) is 86.8 cm³/mol. The first-order chi connectivity index (χ1) is 9.85. The molecule has 1 N–H and O–H groups in total. The van der Waals surface area contributed by atoms with E-state index in [0.29, 0.717) is 6.04 Å². The van der Waals surface area contributed by atoms with Gasteiger partial charge in [0.15, 0.2) is 0 Å². The summed E-state index contributed by atoms with van der Waals surface area (Å²) in [5.41, 5.74) is 4.26. The summed E-state index contributed by atoms with van der Waals surface area (Å²) in [6.45, 7) is 5.42. The SMILES string of the molecule is CCCC(NCc1ccccc1CC)c1ccccc1. The molecular weight excluding hydrogens is 242 g/mol. The molecule has 1 heteroatoms. The number of hydrogen-bond acceptors (Lipinski definition) is 1. The lowest BCUT2D eigenvalue weighted by molar-refractivity contribution is 0.492. The summed E-state index contributed by atoms with van der Waals surface area (Å²) in [7, 11) is 0. The Kier molecular flexibility index (Phi) is 5.82. The van der Waals surface area contributed by atoms with Crippen molar-refractivity contribution in [3.63, 3.8) is 0 Å². The van der Waals surface area contributed by atoms with E-state index in [-0.39, 0.29) is 0 Å². The summed E-state index contributed by atoms with van der Waals surface area (Å²) >= 11 is 0. The number of rotatable bonds is 7. The Labute approximate surface area is 123 Å². The van der Waals surface area contributed by atoms with Gasteiger partial charge in [-0.25, -0.2) is 0 Å². The van der Waals surface area contributed by atoms with Crippen LogP contribution in [0, 0.1) is 0 Å². The van der Waals surface area contributed by atoms with Gasteiger partial charge in [0.05, 0.1) is 0 Å². The Morgan fingerprint density at radius 2 is 1.50 bits per heavy atom. The lowest BCUT2D eigenvalue weighted by Crippen LogP contribution is -2.21. The van der Waals surface area contributed by atoms with Gasteiger partial charge in [0.25, 0.3) is 0 Å². The van der Waals surface area contributed by atoms with Crippen molar-refractivity contribution in [1.82, 2.24) is 5.32 Å². The quantitative estimate of drug-likeness (QED) is 0.754. The Balaban J connectivity index is 2.06. The highest BCUT2D eigenvalue weighted by Gasteiger charge is 2.10. The molecule has 1 nitrogen and oxygen atoms in total. The minimum absolute atomic E-state index is 0.450. The van der Waals surface area contributed by atoms with Crippen LogP contribution in [-0.2, 0) is 13.0 Å². The minimum Gasteiger partial charge on any atom is -0.306 e. The van der Waals surface area contributed by atoms with Crippen molar-refractivity contribution in [2.24, 2.45) is 0 Å². The molecule has 2 aromatic carbocycles. The van der Waals surface area contributed by atoms with Crippen molar-refractivity contribution in [3.05, 3.63) is 71.3 Å². The minimum atomic E-state index is 0.450. The summed E-state index contributed by atoms with van der Waals surface area (Å²) in [4.78, 5) is 0. The van der Waals surface area contributed by atoms with E-state index in [2.05, 4.69) is 73.8 Å². The van der Waals surface area contributed by atoms with Crippen molar-refractivity contribution >= 4 is 0 Å². The highest BCUT2D eigenvalue weighted by molar-refractivity contribution is 5.27. The fourth-order valence-electron chi connectivity index (χ4n) is 2.67. The third-order valence-electron chi connectivity index (χ3n) is 3.82. The molecule has 0 spiro atoms. The molecule has 0 amide bonds. The van der Waals surface area contributed by atoms with Gasteiger partial charge < -0.3 is 5.32 Å². The fourth-order valence-corrected chi connectivity index (χ4v) is 2.67. The Hall–Kier alpha value is -1.60. The maximum absolute atomic E-state index is 3.73. The summed E-state index contributed by atoms with van der Waals surface area (Å²) in [6, 6.07) is 20.0. The van der Waals surface area contributed by atoms with E-state index in [4.69, 9.17) is 0 Å². The van der Waals surface area contributed by atoms with E-state index in [9.17, 15) is 0 Å². The van der Waals surface area contributed by atoms with Crippen molar-refractivity contribution in [2.45, 2.75) is 45.7 Å². The van der Waals surface area contributed by atoms with Crippen LogP contribution in [0.2, 0.25) is 0 Å². The average molecular weight is 267 g/mol. The van der Waals surface area contributed by atoms with Gasteiger partial charge in [0.1, 0.15) is 0 Å². The van der Waals surface area contributed by atoms with Crippen LogP contribution in [0.15, 0.2) is 54.6 Å². The first-order valence-electron chi connectivity index (χ1n) is 7.70. The molecule has 1 unspecified atom stereocenters. The Morgan fingerprint density at radius 3 is 2.15 bits per heavy atom. The summed E-state index contributed by atoms with van der Waals surface area (Å²) < 4.78 is 0. The first-order valence-corrected chi connectivity index (χ1v) is 7.70. The zero-order valence-electron chi connectivity index (χ0n) is 12.6. The van der Waals surface area contributed by atoms with E-state index in [0.717, 1.165) is 13.0 Å². The Morgan fingerprint density at radius 1 is 0.850 bits per heavy atom. The monoisotopic (exact) mass is 267 g/mol. The molecule has 1 atom stereocenters. The molecule has 0 aliphatic rings.